The fraction of sp³-hybridized carbons (Fsp3) is 0.600. The van der Waals surface area contributed by atoms with Gasteiger partial charge in [0.1, 0.15) is 11.9 Å². The fourth-order valence-corrected chi connectivity index (χ4v) is 1.72. The lowest BCUT2D eigenvalue weighted by Crippen LogP contribution is -2.30. The van der Waals surface area contributed by atoms with Crippen LogP contribution in [0.25, 0.3) is 0 Å². The van der Waals surface area contributed by atoms with Gasteiger partial charge in [0.15, 0.2) is 5.78 Å². The monoisotopic (exact) mass is 177 g/mol. The van der Waals surface area contributed by atoms with Gasteiger partial charge in [-0.1, -0.05) is 6.92 Å². The Morgan fingerprint density at radius 1 is 1.54 bits per heavy atom. The van der Waals surface area contributed by atoms with Crippen LogP contribution in [-0.2, 0) is 4.79 Å². The quantitative estimate of drug-likeness (QED) is 0.599. The first-order valence-electron chi connectivity index (χ1n) is 4.74. The smallest absolute Gasteiger partial charge is 0.189 e. The van der Waals surface area contributed by atoms with Crippen LogP contribution in [0, 0.1) is 12.1 Å². The molecule has 2 heterocycles. The molecule has 69 valence electrons. The largest absolute Gasteiger partial charge is 0.367 e. The molecule has 0 spiro atoms. The van der Waals surface area contributed by atoms with Crippen LogP contribution in [0.15, 0.2) is 10.7 Å². The topological polar surface area (TPSA) is 32.7 Å². The number of hydrogen-bond acceptors (Lipinski definition) is 3. The van der Waals surface area contributed by atoms with E-state index in [1.165, 1.54) is 12.8 Å². The van der Waals surface area contributed by atoms with Gasteiger partial charge in [0.25, 0.3) is 0 Å². The number of Topliss-reactive ketones (excluding diaryl/α,β-unsaturated/α-hetero) is 1. The molecule has 2 rings (SSSR count). The zero-order valence-corrected chi connectivity index (χ0v) is 7.79. The first-order chi connectivity index (χ1) is 6.29. The van der Waals surface area contributed by atoms with Crippen LogP contribution in [0.5, 0.6) is 0 Å². The van der Waals surface area contributed by atoms with E-state index in [0.717, 1.165) is 13.1 Å². The molecule has 13 heavy (non-hydrogen) atoms. The summed E-state index contributed by atoms with van der Waals surface area (Å²) in [5.74, 6) is 0.0914. The molecule has 0 amide bonds. The van der Waals surface area contributed by atoms with Crippen LogP contribution < -0.4 is 0 Å². The van der Waals surface area contributed by atoms with Crippen LogP contribution in [0.1, 0.15) is 19.8 Å². The van der Waals surface area contributed by atoms with Crippen molar-refractivity contribution in [2.75, 3.05) is 13.1 Å². The molecule has 1 saturated heterocycles. The molecule has 0 saturated carbocycles. The highest BCUT2D eigenvalue weighted by Gasteiger charge is 2.26. The number of rotatable bonds is 1. The number of aliphatic imine (C=N–C) groups is 1. The van der Waals surface area contributed by atoms with Crippen LogP contribution in [-0.4, -0.2) is 30.0 Å². The van der Waals surface area contributed by atoms with Crippen molar-refractivity contribution in [2.45, 2.75) is 19.8 Å². The van der Waals surface area contributed by atoms with E-state index in [9.17, 15) is 4.79 Å². The third kappa shape index (κ3) is 1.50. The van der Waals surface area contributed by atoms with E-state index in [4.69, 9.17) is 0 Å². The van der Waals surface area contributed by atoms with Crippen molar-refractivity contribution < 1.29 is 4.79 Å². The molecule has 2 aliphatic rings. The predicted molar refractivity (Wildman–Crippen MR) is 50.2 cm³/mol. The normalized spacial score (nSPS) is 28.1. The second-order valence-corrected chi connectivity index (χ2v) is 3.59. The summed E-state index contributed by atoms with van der Waals surface area (Å²) in [5, 5.41) is 0. The molecule has 0 aromatic rings. The predicted octanol–water partition coefficient (Wildman–Crippen LogP) is 1.02. The third-order valence-electron chi connectivity index (χ3n) is 2.54. The van der Waals surface area contributed by atoms with E-state index < -0.39 is 0 Å². The lowest BCUT2D eigenvalue weighted by Gasteiger charge is -2.22. The zero-order chi connectivity index (χ0) is 9.26. The van der Waals surface area contributed by atoms with E-state index in [1.54, 1.807) is 6.21 Å². The number of hydrogen-bond donors (Lipinski definition) is 0. The molecular formula is C10H13N2O. The number of carbonyl (C=O) groups is 1. The van der Waals surface area contributed by atoms with Crippen molar-refractivity contribution in [1.82, 2.24) is 4.90 Å². The van der Waals surface area contributed by atoms with Crippen LogP contribution in [0.3, 0.4) is 0 Å². The Labute approximate surface area is 78.1 Å². The summed E-state index contributed by atoms with van der Waals surface area (Å²) in [5.41, 5.74) is 0.688. The van der Waals surface area contributed by atoms with E-state index in [2.05, 4.69) is 16.1 Å². The van der Waals surface area contributed by atoms with E-state index in [1.807, 2.05) is 6.92 Å². The zero-order valence-electron chi connectivity index (χ0n) is 7.79. The molecule has 1 fully saturated rings. The maximum absolute atomic E-state index is 11.7. The molecule has 0 aliphatic carbocycles. The second kappa shape index (κ2) is 3.32. The van der Waals surface area contributed by atoms with Gasteiger partial charge >= 0.3 is 0 Å². The van der Waals surface area contributed by atoms with Crippen molar-refractivity contribution in [2.24, 2.45) is 10.9 Å². The van der Waals surface area contributed by atoms with E-state index >= 15 is 0 Å². The maximum atomic E-state index is 11.7. The SMILES string of the molecule is CC1C=N[C]=C(N2CCCC2)C1=O. The molecule has 3 nitrogen and oxygen atoms in total. The minimum atomic E-state index is -0.0724. The van der Waals surface area contributed by atoms with Gasteiger partial charge in [0.2, 0.25) is 0 Å². The Balaban J connectivity index is 2.17. The molecule has 2 aliphatic heterocycles. The highest BCUT2D eigenvalue weighted by Crippen LogP contribution is 2.19. The molecule has 0 aromatic carbocycles. The summed E-state index contributed by atoms with van der Waals surface area (Å²) in [6, 6.07) is 0. The Kier molecular flexibility index (Phi) is 2.17. The van der Waals surface area contributed by atoms with Crippen LogP contribution in [0.2, 0.25) is 0 Å². The lowest BCUT2D eigenvalue weighted by molar-refractivity contribution is -0.118. The minimum Gasteiger partial charge on any atom is -0.367 e. The highest BCUT2D eigenvalue weighted by atomic mass is 16.1. The highest BCUT2D eigenvalue weighted by molar-refractivity contribution is 6.06. The van der Waals surface area contributed by atoms with Gasteiger partial charge < -0.3 is 4.90 Å². The van der Waals surface area contributed by atoms with Gasteiger partial charge in [-0.2, -0.15) is 0 Å². The Morgan fingerprint density at radius 3 is 2.92 bits per heavy atom. The Hall–Kier alpha value is -1.12. The standard InChI is InChI=1S/C10H13N2O/c1-8-6-11-7-9(10(8)13)12-4-2-3-5-12/h6,8H,2-5H2,1H3. The van der Waals surface area contributed by atoms with Crippen LogP contribution >= 0.6 is 0 Å². The van der Waals surface area contributed by atoms with Gasteiger partial charge in [0, 0.05) is 19.3 Å². The average Bonchev–Trinajstić information content (AvgIpc) is 2.62. The summed E-state index contributed by atoms with van der Waals surface area (Å²) in [6.07, 6.45) is 6.81. The molecular weight excluding hydrogens is 164 g/mol. The number of allylic oxidation sites excluding steroid dienone is 1. The molecule has 0 bridgehead atoms. The van der Waals surface area contributed by atoms with Crippen molar-refractivity contribution in [3.05, 3.63) is 11.9 Å². The fourth-order valence-electron chi connectivity index (χ4n) is 1.72. The average molecular weight is 177 g/mol. The molecule has 0 aromatic heterocycles. The van der Waals surface area contributed by atoms with Gasteiger partial charge in [-0.25, -0.2) is 0 Å². The van der Waals surface area contributed by atoms with Gasteiger partial charge in [0.05, 0.1) is 5.92 Å². The molecule has 0 N–H and O–H groups in total. The number of carbonyl (C=O) groups excluding carboxylic acids is 1. The van der Waals surface area contributed by atoms with Crippen molar-refractivity contribution in [3.8, 4) is 0 Å². The molecule has 1 atom stereocenters. The van der Waals surface area contributed by atoms with Gasteiger partial charge in [-0.3, -0.25) is 9.79 Å². The molecule has 1 unspecified atom stereocenters. The maximum Gasteiger partial charge on any atom is 0.189 e. The lowest BCUT2D eigenvalue weighted by atomic mass is 10.0. The Bertz CT molecular complexity index is 275. The number of likely N-dealkylation sites (tertiary alicyclic amines) is 1. The van der Waals surface area contributed by atoms with Crippen LogP contribution in [0.4, 0.5) is 0 Å². The van der Waals surface area contributed by atoms with E-state index in [-0.39, 0.29) is 11.7 Å². The minimum absolute atomic E-state index is 0.0724. The second-order valence-electron chi connectivity index (χ2n) is 3.59. The van der Waals surface area contributed by atoms with Gasteiger partial charge in [-0.05, 0) is 12.8 Å². The molecule has 1 radical (unpaired) electrons. The van der Waals surface area contributed by atoms with Crippen molar-refractivity contribution >= 4 is 12.0 Å². The summed E-state index contributed by atoms with van der Waals surface area (Å²) in [6.45, 7) is 3.84. The van der Waals surface area contributed by atoms with E-state index in [0.29, 0.717) is 5.70 Å². The third-order valence-corrected chi connectivity index (χ3v) is 2.54. The summed E-state index contributed by atoms with van der Waals surface area (Å²) in [4.78, 5) is 17.7. The van der Waals surface area contributed by atoms with Crippen molar-refractivity contribution in [3.63, 3.8) is 0 Å². The number of ketones is 1. The first kappa shape index (κ1) is 8.48. The summed E-state index contributed by atoms with van der Waals surface area (Å²) >= 11 is 0. The molecule has 3 heteroatoms. The summed E-state index contributed by atoms with van der Waals surface area (Å²) in [7, 11) is 0. The van der Waals surface area contributed by atoms with Gasteiger partial charge in [-0.15, -0.1) is 0 Å². The van der Waals surface area contributed by atoms with Crippen molar-refractivity contribution in [1.29, 1.82) is 0 Å². The Morgan fingerprint density at radius 2 is 2.23 bits per heavy atom. The summed E-state index contributed by atoms with van der Waals surface area (Å²) < 4.78 is 0. The first-order valence-corrected chi connectivity index (χ1v) is 4.74. The number of nitrogens with zero attached hydrogens (tertiary/aromatic N) is 2.